The Bertz CT molecular complexity index is 881. The van der Waals surface area contributed by atoms with Crippen LogP contribution >= 0.6 is 0 Å². The molecule has 2 amide bonds. The Kier molecular flexibility index (Phi) is 5.30. The molecule has 0 unspecified atom stereocenters. The monoisotopic (exact) mass is 391 g/mol. The van der Waals surface area contributed by atoms with Crippen molar-refractivity contribution in [1.29, 1.82) is 0 Å². The molecule has 4 rings (SSSR count). The van der Waals surface area contributed by atoms with E-state index in [4.69, 9.17) is 4.74 Å². The van der Waals surface area contributed by atoms with Crippen LogP contribution in [-0.4, -0.2) is 35.5 Å². The van der Waals surface area contributed by atoms with Crippen molar-refractivity contribution in [3.05, 3.63) is 70.8 Å². The van der Waals surface area contributed by atoms with E-state index >= 15 is 0 Å². The molecule has 2 atom stereocenters. The van der Waals surface area contributed by atoms with E-state index in [1.54, 1.807) is 12.1 Å². The SMILES string of the molecule is Cc1ccc([C@H](CCN2C(=O)c3ccccc3C2=O)[C@@H]2CCOC(C)(C)C2)cc1. The molecule has 0 aromatic heterocycles. The topological polar surface area (TPSA) is 46.6 Å². The summed E-state index contributed by atoms with van der Waals surface area (Å²) in [6.07, 6.45) is 2.76. The van der Waals surface area contributed by atoms with Gasteiger partial charge in [-0.15, -0.1) is 0 Å². The van der Waals surface area contributed by atoms with Gasteiger partial charge in [-0.2, -0.15) is 0 Å². The lowest BCUT2D eigenvalue weighted by atomic mass is 9.75. The van der Waals surface area contributed by atoms with Gasteiger partial charge in [-0.1, -0.05) is 42.0 Å². The molecule has 0 bridgehead atoms. The van der Waals surface area contributed by atoms with Gasteiger partial charge in [-0.05, 0) is 69.6 Å². The number of hydrogen-bond donors (Lipinski definition) is 0. The Labute approximate surface area is 172 Å². The zero-order valence-corrected chi connectivity index (χ0v) is 17.5. The first-order valence-electron chi connectivity index (χ1n) is 10.5. The predicted molar refractivity (Wildman–Crippen MR) is 113 cm³/mol. The Hall–Kier alpha value is -2.46. The molecule has 4 nitrogen and oxygen atoms in total. The summed E-state index contributed by atoms with van der Waals surface area (Å²) in [6, 6.07) is 15.8. The van der Waals surface area contributed by atoms with Crippen molar-refractivity contribution in [3.63, 3.8) is 0 Å². The molecule has 0 radical (unpaired) electrons. The lowest BCUT2D eigenvalue weighted by Crippen LogP contribution is -2.38. The van der Waals surface area contributed by atoms with Crippen molar-refractivity contribution in [1.82, 2.24) is 4.90 Å². The molecule has 2 aromatic carbocycles. The molecule has 0 spiro atoms. The maximum absolute atomic E-state index is 12.8. The van der Waals surface area contributed by atoms with Crippen LogP contribution in [0.25, 0.3) is 0 Å². The molecule has 29 heavy (non-hydrogen) atoms. The van der Waals surface area contributed by atoms with Gasteiger partial charge in [0.25, 0.3) is 11.8 Å². The molecule has 0 aliphatic carbocycles. The lowest BCUT2D eigenvalue weighted by molar-refractivity contribution is -0.0774. The molecule has 2 aliphatic rings. The maximum Gasteiger partial charge on any atom is 0.261 e. The van der Waals surface area contributed by atoms with E-state index in [1.165, 1.54) is 16.0 Å². The number of benzene rings is 2. The molecule has 2 heterocycles. The predicted octanol–water partition coefficient (Wildman–Crippen LogP) is 4.97. The van der Waals surface area contributed by atoms with Crippen LogP contribution in [0.1, 0.15) is 70.9 Å². The molecule has 0 saturated carbocycles. The Morgan fingerprint density at radius 3 is 2.24 bits per heavy atom. The lowest BCUT2D eigenvalue weighted by Gasteiger charge is -2.40. The van der Waals surface area contributed by atoms with Crippen molar-refractivity contribution in [2.75, 3.05) is 13.2 Å². The second kappa shape index (κ2) is 7.75. The molecule has 1 saturated heterocycles. The summed E-state index contributed by atoms with van der Waals surface area (Å²) in [7, 11) is 0. The van der Waals surface area contributed by atoms with E-state index in [2.05, 4.69) is 45.0 Å². The van der Waals surface area contributed by atoms with Crippen LogP contribution in [-0.2, 0) is 4.74 Å². The summed E-state index contributed by atoms with van der Waals surface area (Å²) in [5.74, 6) is 0.431. The van der Waals surface area contributed by atoms with E-state index in [-0.39, 0.29) is 17.4 Å². The fourth-order valence-electron chi connectivity index (χ4n) is 4.82. The number of carbonyl (C=O) groups is 2. The fraction of sp³-hybridized carbons (Fsp3) is 0.440. The van der Waals surface area contributed by atoms with Crippen LogP contribution in [0, 0.1) is 12.8 Å². The van der Waals surface area contributed by atoms with Gasteiger partial charge in [0.2, 0.25) is 0 Å². The van der Waals surface area contributed by atoms with Crippen LogP contribution < -0.4 is 0 Å². The smallest absolute Gasteiger partial charge is 0.261 e. The minimum atomic E-state index is -0.166. The van der Waals surface area contributed by atoms with Crippen LogP contribution in [0.5, 0.6) is 0 Å². The normalized spacial score (nSPS) is 21.9. The van der Waals surface area contributed by atoms with Gasteiger partial charge in [-0.25, -0.2) is 0 Å². The van der Waals surface area contributed by atoms with Crippen LogP contribution in [0.2, 0.25) is 0 Å². The van der Waals surface area contributed by atoms with Gasteiger partial charge < -0.3 is 4.74 Å². The molecular formula is C25H29NO3. The minimum Gasteiger partial charge on any atom is -0.376 e. The number of amides is 2. The van der Waals surface area contributed by atoms with Crippen molar-refractivity contribution in [2.24, 2.45) is 5.92 Å². The van der Waals surface area contributed by atoms with Gasteiger partial charge in [0.05, 0.1) is 16.7 Å². The van der Waals surface area contributed by atoms with Crippen molar-refractivity contribution in [2.45, 2.75) is 51.6 Å². The average molecular weight is 392 g/mol. The Balaban J connectivity index is 1.55. The number of ether oxygens (including phenoxy) is 1. The first-order chi connectivity index (χ1) is 13.9. The summed E-state index contributed by atoms with van der Waals surface area (Å²) in [5.41, 5.74) is 3.43. The average Bonchev–Trinajstić information content (AvgIpc) is 2.94. The molecule has 152 valence electrons. The molecule has 1 fully saturated rings. The van der Waals surface area contributed by atoms with Gasteiger partial charge >= 0.3 is 0 Å². The highest BCUT2D eigenvalue weighted by Gasteiger charge is 2.38. The first-order valence-corrected chi connectivity index (χ1v) is 10.5. The fourth-order valence-corrected chi connectivity index (χ4v) is 4.82. The highest BCUT2D eigenvalue weighted by atomic mass is 16.5. The van der Waals surface area contributed by atoms with E-state index in [1.807, 2.05) is 12.1 Å². The summed E-state index contributed by atoms with van der Waals surface area (Å²) in [5, 5.41) is 0. The van der Waals surface area contributed by atoms with E-state index in [0.717, 1.165) is 25.9 Å². The largest absolute Gasteiger partial charge is 0.376 e. The third-order valence-corrected chi connectivity index (χ3v) is 6.35. The summed E-state index contributed by atoms with van der Waals surface area (Å²) >= 11 is 0. The molecule has 0 N–H and O–H groups in total. The summed E-state index contributed by atoms with van der Waals surface area (Å²) < 4.78 is 5.94. The third kappa shape index (κ3) is 3.99. The van der Waals surface area contributed by atoms with Crippen molar-refractivity contribution >= 4 is 11.8 Å². The Morgan fingerprint density at radius 1 is 1.03 bits per heavy atom. The summed E-state index contributed by atoms with van der Waals surface area (Å²) in [6.45, 7) is 7.59. The van der Waals surface area contributed by atoms with Gasteiger partial charge in [0, 0.05) is 13.2 Å². The van der Waals surface area contributed by atoms with E-state index in [9.17, 15) is 9.59 Å². The third-order valence-electron chi connectivity index (χ3n) is 6.35. The van der Waals surface area contributed by atoms with Gasteiger partial charge in [0.15, 0.2) is 0 Å². The van der Waals surface area contributed by atoms with E-state index in [0.29, 0.717) is 29.5 Å². The van der Waals surface area contributed by atoms with Gasteiger partial charge in [0.1, 0.15) is 0 Å². The number of fused-ring (bicyclic) bond motifs is 1. The van der Waals surface area contributed by atoms with Crippen LogP contribution in [0.15, 0.2) is 48.5 Å². The van der Waals surface area contributed by atoms with Crippen LogP contribution in [0.3, 0.4) is 0 Å². The minimum absolute atomic E-state index is 0.138. The summed E-state index contributed by atoms with van der Waals surface area (Å²) in [4.78, 5) is 27.0. The first kappa shape index (κ1) is 19.8. The highest BCUT2D eigenvalue weighted by molar-refractivity contribution is 6.21. The highest BCUT2D eigenvalue weighted by Crippen LogP contribution is 2.40. The standard InChI is InChI=1S/C25H29NO3/c1-17-8-10-18(11-9-17)20(19-13-15-29-25(2,3)16-19)12-14-26-23(27)21-6-4-5-7-22(21)24(26)28/h4-11,19-20H,12-16H2,1-3H3/t19-,20+/m1/s1. The quantitative estimate of drug-likeness (QED) is 0.676. The number of aryl methyl sites for hydroxylation is 1. The number of hydrogen-bond acceptors (Lipinski definition) is 3. The van der Waals surface area contributed by atoms with Gasteiger partial charge in [-0.3, -0.25) is 14.5 Å². The molecule has 2 aliphatic heterocycles. The number of nitrogens with zero attached hydrogens (tertiary/aromatic N) is 1. The van der Waals surface area contributed by atoms with E-state index < -0.39 is 0 Å². The molecule has 2 aromatic rings. The Morgan fingerprint density at radius 2 is 1.66 bits per heavy atom. The number of carbonyl (C=O) groups excluding carboxylic acids is 2. The second-order valence-electron chi connectivity index (χ2n) is 8.97. The van der Waals surface area contributed by atoms with Crippen LogP contribution in [0.4, 0.5) is 0 Å². The molecular weight excluding hydrogens is 362 g/mol. The molecule has 4 heteroatoms. The maximum atomic E-state index is 12.8. The van der Waals surface area contributed by atoms with Crippen molar-refractivity contribution < 1.29 is 14.3 Å². The number of rotatable bonds is 5. The number of imide groups is 1. The van der Waals surface area contributed by atoms with Crippen molar-refractivity contribution in [3.8, 4) is 0 Å². The second-order valence-corrected chi connectivity index (χ2v) is 8.97. The zero-order chi connectivity index (χ0) is 20.6. The zero-order valence-electron chi connectivity index (χ0n) is 17.5.